The van der Waals surface area contributed by atoms with Gasteiger partial charge in [0.05, 0.1) is 19.7 Å². The van der Waals surface area contributed by atoms with Gasteiger partial charge in [-0.1, -0.05) is 0 Å². The number of aromatic nitrogens is 1. The van der Waals surface area contributed by atoms with Crippen LogP contribution in [0.3, 0.4) is 0 Å². The highest BCUT2D eigenvalue weighted by atomic mass is 32.1. The number of thiazole rings is 1. The molecule has 0 aliphatic carbocycles. The molecule has 1 heterocycles. The average Bonchev–Trinajstić information content (AvgIpc) is 2.28. The Hall–Kier alpha value is -0.900. The Labute approximate surface area is 64.1 Å². The summed E-state index contributed by atoms with van der Waals surface area (Å²) in [5, 5.41) is 0.704. The largest absolute Gasteiger partial charge is 0.465 e. The number of methoxy groups -OCH3 is 1. The van der Waals surface area contributed by atoms with Crippen molar-refractivity contribution in [3.8, 4) is 0 Å². The molecule has 0 aromatic carbocycles. The van der Waals surface area contributed by atoms with Crippen molar-refractivity contribution in [3.63, 3.8) is 0 Å². The van der Waals surface area contributed by atoms with E-state index in [4.69, 9.17) is 1.37 Å². The van der Waals surface area contributed by atoms with Gasteiger partial charge in [0.25, 0.3) is 0 Å². The Kier molecular flexibility index (Phi) is 1.63. The maximum Gasteiger partial charge on any atom is 0.349 e. The highest BCUT2D eigenvalue weighted by Gasteiger charge is 2.07. The van der Waals surface area contributed by atoms with Gasteiger partial charge < -0.3 is 4.74 Å². The van der Waals surface area contributed by atoms with E-state index in [1.54, 1.807) is 6.92 Å². The first-order valence-corrected chi connectivity index (χ1v) is 3.49. The van der Waals surface area contributed by atoms with Gasteiger partial charge in [-0.15, -0.1) is 11.3 Å². The topological polar surface area (TPSA) is 39.2 Å². The Morgan fingerprint density at radius 2 is 2.70 bits per heavy atom. The lowest BCUT2D eigenvalue weighted by atomic mass is 10.6. The third kappa shape index (κ3) is 1.33. The Morgan fingerprint density at radius 1 is 2.00 bits per heavy atom. The molecule has 0 aliphatic rings. The fourth-order valence-corrected chi connectivity index (χ4v) is 1.15. The van der Waals surface area contributed by atoms with E-state index in [1.807, 2.05) is 0 Å². The third-order valence-corrected chi connectivity index (χ3v) is 1.78. The number of hydrogen-bond acceptors (Lipinski definition) is 4. The Balaban J connectivity index is 3.03. The zero-order valence-corrected chi connectivity index (χ0v) is 6.49. The van der Waals surface area contributed by atoms with E-state index in [-0.39, 0.29) is 11.1 Å². The lowest BCUT2D eigenvalue weighted by Crippen LogP contribution is -1.96. The number of aryl methyl sites for hydroxylation is 1. The quantitative estimate of drug-likeness (QED) is 0.577. The molecule has 0 amide bonds. The SMILES string of the molecule is [2H]c1nc(C)sc1C(=O)OC. The Bertz CT molecular complexity index is 284. The van der Waals surface area contributed by atoms with Crippen LogP contribution in [0.5, 0.6) is 0 Å². The van der Waals surface area contributed by atoms with Gasteiger partial charge in [-0.25, -0.2) is 9.78 Å². The number of nitrogens with zero attached hydrogens (tertiary/aromatic N) is 1. The molecule has 0 saturated heterocycles. The molecule has 1 rings (SSSR count). The van der Waals surface area contributed by atoms with Crippen LogP contribution in [0.25, 0.3) is 0 Å². The summed E-state index contributed by atoms with van der Waals surface area (Å²) < 4.78 is 11.7. The van der Waals surface area contributed by atoms with Crippen molar-refractivity contribution in [2.75, 3.05) is 7.11 Å². The first-order chi connectivity index (χ1) is 5.15. The standard InChI is InChI=1S/C6H7NO2S/c1-4-7-3-5(10-4)6(8)9-2/h3H,1-2H3/i3D. The van der Waals surface area contributed by atoms with Crippen molar-refractivity contribution in [1.29, 1.82) is 0 Å². The molecule has 0 aliphatic heterocycles. The van der Waals surface area contributed by atoms with Gasteiger partial charge >= 0.3 is 5.97 Å². The Morgan fingerprint density at radius 3 is 3.10 bits per heavy atom. The van der Waals surface area contributed by atoms with E-state index in [0.29, 0.717) is 5.01 Å². The molecule has 1 aromatic rings. The molecule has 0 unspecified atom stereocenters. The molecule has 0 bridgehead atoms. The van der Waals surface area contributed by atoms with Crippen LogP contribution < -0.4 is 0 Å². The van der Waals surface area contributed by atoms with Gasteiger partial charge in [0, 0.05) is 0 Å². The van der Waals surface area contributed by atoms with Crippen LogP contribution in [0.1, 0.15) is 16.1 Å². The highest BCUT2D eigenvalue weighted by Crippen LogP contribution is 2.11. The van der Waals surface area contributed by atoms with Crippen LogP contribution in [0.4, 0.5) is 0 Å². The summed E-state index contributed by atoms with van der Waals surface area (Å²) in [5.74, 6) is -0.486. The fraction of sp³-hybridized carbons (Fsp3) is 0.333. The minimum absolute atomic E-state index is 0.000602. The predicted molar refractivity (Wildman–Crippen MR) is 38.2 cm³/mol. The smallest absolute Gasteiger partial charge is 0.349 e. The van der Waals surface area contributed by atoms with E-state index >= 15 is 0 Å². The van der Waals surface area contributed by atoms with Crippen LogP contribution in [0.15, 0.2) is 6.17 Å². The van der Waals surface area contributed by atoms with Crippen LogP contribution in [0.2, 0.25) is 0 Å². The van der Waals surface area contributed by atoms with E-state index in [0.717, 1.165) is 0 Å². The molecule has 4 heteroatoms. The molecule has 3 nitrogen and oxygen atoms in total. The molecular formula is C6H7NO2S. The summed E-state index contributed by atoms with van der Waals surface area (Å²) in [7, 11) is 1.29. The molecule has 0 fully saturated rings. The maximum atomic E-state index is 10.9. The molecule has 0 N–H and O–H groups in total. The molecule has 0 spiro atoms. The van der Waals surface area contributed by atoms with Crippen molar-refractivity contribution in [2.45, 2.75) is 6.92 Å². The average molecular weight is 158 g/mol. The molecule has 0 radical (unpaired) electrons. The van der Waals surface area contributed by atoms with Crippen molar-refractivity contribution in [1.82, 2.24) is 4.98 Å². The number of carbonyl (C=O) groups is 1. The van der Waals surface area contributed by atoms with Crippen molar-refractivity contribution >= 4 is 17.3 Å². The number of rotatable bonds is 1. The van der Waals surface area contributed by atoms with Crippen LogP contribution >= 0.6 is 11.3 Å². The molecular weight excluding hydrogens is 150 g/mol. The molecule has 10 heavy (non-hydrogen) atoms. The lowest BCUT2D eigenvalue weighted by Gasteiger charge is -1.89. The summed E-state index contributed by atoms with van der Waals surface area (Å²) in [5.41, 5.74) is 0. The summed E-state index contributed by atoms with van der Waals surface area (Å²) in [6.45, 7) is 1.75. The highest BCUT2D eigenvalue weighted by molar-refractivity contribution is 7.13. The van der Waals surface area contributed by atoms with E-state index in [2.05, 4.69) is 9.72 Å². The number of esters is 1. The summed E-state index contributed by atoms with van der Waals surface area (Å²) >= 11 is 1.17. The predicted octanol–water partition coefficient (Wildman–Crippen LogP) is 1.24. The van der Waals surface area contributed by atoms with Gasteiger partial charge in [0.2, 0.25) is 0 Å². The number of hydrogen-bond donors (Lipinski definition) is 0. The minimum Gasteiger partial charge on any atom is -0.465 e. The van der Waals surface area contributed by atoms with E-state index < -0.39 is 5.97 Å². The van der Waals surface area contributed by atoms with Crippen LogP contribution in [0, 0.1) is 6.92 Å². The van der Waals surface area contributed by atoms with Crippen LogP contribution in [-0.4, -0.2) is 18.1 Å². The molecule has 0 atom stereocenters. The second-order valence-corrected chi connectivity index (χ2v) is 2.87. The zero-order valence-electron chi connectivity index (χ0n) is 6.67. The minimum atomic E-state index is -0.486. The summed E-state index contributed by atoms with van der Waals surface area (Å²) in [4.78, 5) is 14.9. The summed E-state index contributed by atoms with van der Waals surface area (Å²) in [6, 6.07) is 0. The normalized spacial score (nSPS) is 10.8. The van der Waals surface area contributed by atoms with E-state index in [1.165, 1.54) is 18.4 Å². The van der Waals surface area contributed by atoms with E-state index in [9.17, 15) is 4.79 Å². The van der Waals surface area contributed by atoms with Crippen LogP contribution in [-0.2, 0) is 4.74 Å². The second-order valence-electron chi connectivity index (χ2n) is 1.67. The number of ether oxygens (including phenoxy) is 1. The van der Waals surface area contributed by atoms with Crippen molar-refractivity contribution in [3.05, 3.63) is 16.1 Å². The van der Waals surface area contributed by atoms with Gasteiger partial charge in [0.15, 0.2) is 0 Å². The van der Waals surface area contributed by atoms with Gasteiger partial charge in [-0.05, 0) is 6.92 Å². The maximum absolute atomic E-state index is 10.9. The van der Waals surface area contributed by atoms with Crippen molar-refractivity contribution in [2.24, 2.45) is 0 Å². The van der Waals surface area contributed by atoms with Gasteiger partial charge in [-0.2, -0.15) is 0 Å². The zero-order chi connectivity index (χ0) is 8.43. The first kappa shape index (κ1) is 5.85. The molecule has 54 valence electrons. The summed E-state index contributed by atoms with van der Waals surface area (Å²) in [6.07, 6.45) is -0.000602. The fourth-order valence-electron chi connectivity index (χ4n) is 0.503. The van der Waals surface area contributed by atoms with Crippen molar-refractivity contribution < 1.29 is 10.9 Å². The molecule has 0 saturated carbocycles. The van der Waals surface area contributed by atoms with Gasteiger partial charge in [-0.3, -0.25) is 0 Å². The lowest BCUT2D eigenvalue weighted by molar-refractivity contribution is 0.0606. The first-order valence-electron chi connectivity index (χ1n) is 3.17. The second kappa shape index (κ2) is 2.79. The third-order valence-electron chi connectivity index (χ3n) is 0.935. The van der Waals surface area contributed by atoms with Gasteiger partial charge in [0.1, 0.15) is 4.88 Å². The monoisotopic (exact) mass is 158 g/mol. The molecule has 1 aromatic heterocycles. The number of carbonyl (C=O) groups excluding carboxylic acids is 1.